The van der Waals surface area contributed by atoms with E-state index >= 15 is 0 Å². The van der Waals surface area contributed by atoms with E-state index in [-0.39, 0.29) is 5.78 Å². The Balaban J connectivity index is 0.000000606. The van der Waals surface area contributed by atoms with Gasteiger partial charge < -0.3 is 0 Å². The molecule has 0 heterocycles. The lowest BCUT2D eigenvalue weighted by Gasteiger charge is -2.02. The van der Waals surface area contributed by atoms with E-state index in [9.17, 15) is 4.79 Å². The Kier molecular flexibility index (Phi) is 4.25. The monoisotopic (exact) mass is 278 g/mol. The first-order valence-corrected chi connectivity index (χ1v) is 6.12. The predicted octanol–water partition coefficient (Wildman–Crippen LogP) is 4.59. The van der Waals surface area contributed by atoms with Crippen molar-refractivity contribution in [3.63, 3.8) is 0 Å². The van der Waals surface area contributed by atoms with Gasteiger partial charge in [-0.3, -0.25) is 4.79 Å². The van der Waals surface area contributed by atoms with Crippen LogP contribution >= 0.6 is 15.9 Å². The molecule has 0 spiro atoms. The summed E-state index contributed by atoms with van der Waals surface area (Å²) in [4.78, 5) is 11.8. The Labute approximate surface area is 105 Å². The Bertz CT molecular complexity index is 469. The maximum atomic E-state index is 11.8. The Morgan fingerprint density at radius 2 is 1.69 bits per heavy atom. The van der Waals surface area contributed by atoms with Gasteiger partial charge >= 0.3 is 0 Å². The Morgan fingerprint density at radius 1 is 1.19 bits per heavy atom. The first-order valence-electron chi connectivity index (χ1n) is 5.32. The van der Waals surface area contributed by atoms with Crippen molar-refractivity contribution in [3.8, 4) is 0 Å². The minimum atomic E-state index is 0.108. The maximum absolute atomic E-state index is 11.8. The fourth-order valence-corrected chi connectivity index (χ4v) is 2.28. The molecule has 1 aliphatic rings. The van der Waals surface area contributed by atoms with Gasteiger partial charge in [-0.2, -0.15) is 0 Å². The van der Waals surface area contributed by atoms with Gasteiger partial charge in [-0.25, -0.2) is 0 Å². The van der Waals surface area contributed by atoms with Crippen LogP contribution in [0.5, 0.6) is 0 Å². The number of Topliss-reactive ketones (excluding diaryl/α,β-unsaturated/α-hetero) is 1. The van der Waals surface area contributed by atoms with Crippen LogP contribution in [0.1, 0.15) is 36.7 Å². The molecule has 0 amide bonds. The fraction of sp³-hybridized carbons (Fsp3) is 0.214. The normalized spacial score (nSPS) is 13.1. The molecule has 0 saturated carbocycles. The molecular formula is C14H15BrO. The first kappa shape index (κ1) is 12.9. The smallest absolute Gasteiger partial charge is 0.190 e. The lowest BCUT2D eigenvalue weighted by Crippen LogP contribution is -1.94. The van der Waals surface area contributed by atoms with Gasteiger partial charge in [0.25, 0.3) is 0 Å². The summed E-state index contributed by atoms with van der Waals surface area (Å²) in [6.07, 6.45) is 0. The maximum Gasteiger partial charge on any atom is 0.190 e. The van der Waals surface area contributed by atoms with Crippen molar-refractivity contribution in [3.05, 3.63) is 52.0 Å². The average Bonchev–Trinajstić information content (AvgIpc) is 2.55. The third kappa shape index (κ3) is 2.03. The molecule has 0 fully saturated rings. The average molecular weight is 279 g/mol. The third-order valence-electron chi connectivity index (χ3n) is 2.43. The number of fused-ring (bicyclic) bond motifs is 1. The van der Waals surface area contributed by atoms with Gasteiger partial charge in [0.2, 0.25) is 0 Å². The molecular weight excluding hydrogens is 264 g/mol. The highest BCUT2D eigenvalue weighted by Gasteiger charge is 2.26. The number of rotatable bonds is 1. The van der Waals surface area contributed by atoms with Crippen LogP contribution in [0.4, 0.5) is 0 Å². The second kappa shape index (κ2) is 5.26. The second-order valence-corrected chi connectivity index (χ2v) is 4.24. The zero-order valence-electron chi connectivity index (χ0n) is 9.80. The van der Waals surface area contributed by atoms with Crippen molar-refractivity contribution in [2.24, 2.45) is 0 Å². The zero-order valence-corrected chi connectivity index (χ0v) is 11.4. The van der Waals surface area contributed by atoms with E-state index in [4.69, 9.17) is 0 Å². The summed E-state index contributed by atoms with van der Waals surface area (Å²) >= 11 is 3.33. The van der Waals surface area contributed by atoms with E-state index in [0.717, 1.165) is 26.8 Å². The number of allylic oxidation sites excluding steroid dienone is 3. The van der Waals surface area contributed by atoms with Crippen LogP contribution in [0.3, 0.4) is 0 Å². The van der Waals surface area contributed by atoms with Gasteiger partial charge in [-0.15, -0.1) is 0 Å². The van der Waals surface area contributed by atoms with E-state index in [0.29, 0.717) is 0 Å². The molecule has 0 aromatic heterocycles. The van der Waals surface area contributed by atoms with Crippen molar-refractivity contribution in [1.82, 2.24) is 0 Å². The van der Waals surface area contributed by atoms with E-state index in [2.05, 4.69) is 22.5 Å². The van der Waals surface area contributed by atoms with Crippen LogP contribution in [0.15, 0.2) is 40.9 Å². The van der Waals surface area contributed by atoms with Crippen LogP contribution in [0, 0.1) is 0 Å². The molecule has 0 aliphatic heterocycles. The quantitative estimate of drug-likeness (QED) is 0.734. The summed E-state index contributed by atoms with van der Waals surface area (Å²) < 4.78 is 0.772. The number of benzene rings is 1. The molecule has 1 aliphatic carbocycles. The molecule has 16 heavy (non-hydrogen) atoms. The second-order valence-electron chi connectivity index (χ2n) is 3.28. The highest BCUT2D eigenvalue weighted by molar-refractivity contribution is 9.12. The first-order chi connectivity index (χ1) is 7.63. The lowest BCUT2D eigenvalue weighted by molar-refractivity contribution is 0.103. The van der Waals surface area contributed by atoms with E-state index in [1.807, 2.05) is 45.0 Å². The largest absolute Gasteiger partial charge is 0.289 e. The van der Waals surface area contributed by atoms with Crippen molar-refractivity contribution in [1.29, 1.82) is 0 Å². The van der Waals surface area contributed by atoms with Crippen molar-refractivity contribution < 1.29 is 4.79 Å². The number of hydrogen-bond donors (Lipinski definition) is 0. The van der Waals surface area contributed by atoms with E-state index in [1.54, 1.807) is 0 Å². The minimum Gasteiger partial charge on any atom is -0.289 e. The van der Waals surface area contributed by atoms with Gasteiger partial charge in [0.1, 0.15) is 0 Å². The highest BCUT2D eigenvalue weighted by Crippen LogP contribution is 2.38. The summed E-state index contributed by atoms with van der Waals surface area (Å²) in [6.45, 7) is 9.66. The summed E-state index contributed by atoms with van der Waals surface area (Å²) in [5.74, 6) is 0.108. The third-order valence-corrected chi connectivity index (χ3v) is 2.82. The standard InChI is InChI=1S/C12H9BrO.C2H6/c1-7-11(8(2)13)9-5-3-4-6-10(9)12(7)14;1-2/h3-6H,2H2,1H3;1-2H3. The molecule has 2 rings (SSSR count). The fourth-order valence-electron chi connectivity index (χ4n) is 1.77. The SMILES string of the molecule is C=C(Br)C1=C(C)C(=O)c2ccccc21.CC. The number of halogens is 1. The zero-order chi connectivity index (χ0) is 12.3. The highest BCUT2D eigenvalue weighted by atomic mass is 79.9. The molecule has 0 saturated heterocycles. The van der Waals surface area contributed by atoms with Crippen LogP contribution < -0.4 is 0 Å². The Hall–Kier alpha value is -1.15. The van der Waals surface area contributed by atoms with Gasteiger partial charge in [0.15, 0.2) is 5.78 Å². The molecule has 84 valence electrons. The van der Waals surface area contributed by atoms with Crippen LogP contribution in [0.2, 0.25) is 0 Å². The van der Waals surface area contributed by atoms with Crippen LogP contribution in [-0.2, 0) is 0 Å². The number of carbonyl (C=O) groups excluding carboxylic acids is 1. The van der Waals surface area contributed by atoms with Gasteiger partial charge in [-0.05, 0) is 12.5 Å². The Morgan fingerprint density at radius 3 is 2.19 bits per heavy atom. The predicted molar refractivity (Wildman–Crippen MR) is 72.8 cm³/mol. The molecule has 0 bridgehead atoms. The van der Waals surface area contributed by atoms with Crippen molar-refractivity contribution in [2.45, 2.75) is 20.8 Å². The molecule has 1 aromatic carbocycles. The lowest BCUT2D eigenvalue weighted by atomic mass is 10.1. The van der Waals surface area contributed by atoms with Crippen molar-refractivity contribution >= 4 is 27.3 Å². The van der Waals surface area contributed by atoms with Gasteiger partial charge in [-0.1, -0.05) is 60.6 Å². The number of ketones is 1. The number of hydrogen-bond acceptors (Lipinski definition) is 1. The van der Waals surface area contributed by atoms with Crippen molar-refractivity contribution in [2.75, 3.05) is 0 Å². The molecule has 0 radical (unpaired) electrons. The summed E-state index contributed by atoms with van der Waals surface area (Å²) in [6, 6.07) is 7.61. The summed E-state index contributed by atoms with van der Waals surface area (Å²) in [5.41, 5.74) is 3.47. The molecule has 1 aromatic rings. The van der Waals surface area contributed by atoms with Gasteiger partial charge in [0.05, 0.1) is 0 Å². The molecule has 0 N–H and O–H groups in total. The van der Waals surface area contributed by atoms with Crippen LogP contribution in [0.25, 0.3) is 5.57 Å². The summed E-state index contributed by atoms with van der Waals surface area (Å²) in [5, 5.41) is 0. The summed E-state index contributed by atoms with van der Waals surface area (Å²) in [7, 11) is 0. The minimum absolute atomic E-state index is 0.108. The molecule has 0 atom stereocenters. The van der Waals surface area contributed by atoms with Crippen LogP contribution in [-0.4, -0.2) is 5.78 Å². The number of carbonyl (C=O) groups is 1. The molecule has 1 nitrogen and oxygen atoms in total. The van der Waals surface area contributed by atoms with E-state index in [1.165, 1.54) is 0 Å². The van der Waals surface area contributed by atoms with Gasteiger partial charge in [0, 0.05) is 21.2 Å². The van der Waals surface area contributed by atoms with E-state index < -0.39 is 0 Å². The molecule has 0 unspecified atom stereocenters. The molecule has 2 heteroatoms. The topological polar surface area (TPSA) is 17.1 Å².